The first kappa shape index (κ1) is 30.6. The van der Waals surface area contributed by atoms with Crippen LogP contribution in [-0.4, -0.2) is 25.6 Å². The smallest absolute Gasteiger partial charge is 0.211 e. The van der Waals surface area contributed by atoms with Crippen LogP contribution in [0.2, 0.25) is 5.02 Å². The van der Waals surface area contributed by atoms with E-state index < -0.39 is 10.0 Å². The highest BCUT2D eigenvalue weighted by Crippen LogP contribution is 2.27. The quantitative estimate of drug-likeness (QED) is 0.140. The van der Waals surface area contributed by atoms with E-state index >= 15 is 0 Å². The molecule has 0 aliphatic carbocycles. The Morgan fingerprint density at radius 3 is 2.00 bits per heavy atom. The van der Waals surface area contributed by atoms with Gasteiger partial charge < -0.3 is 4.74 Å². The molecule has 0 N–H and O–H groups in total. The predicted molar refractivity (Wildman–Crippen MR) is 150 cm³/mol. The Bertz CT molecular complexity index is 998. The third-order valence-corrected chi connectivity index (χ3v) is 7.93. The monoisotopic (exact) mass is 537 g/mol. The van der Waals surface area contributed by atoms with Gasteiger partial charge in [-0.15, -0.1) is 0 Å². The summed E-state index contributed by atoms with van der Waals surface area (Å²) in [6.07, 6.45) is 20.8. The van der Waals surface area contributed by atoms with Crippen molar-refractivity contribution in [3.8, 4) is 5.75 Å². The predicted octanol–water partition coefficient (Wildman–Crippen LogP) is 7.21. The lowest BCUT2D eigenvalue weighted by atomic mass is 10.1. The van der Waals surface area contributed by atoms with Crippen molar-refractivity contribution in [3.05, 3.63) is 58.9 Å². The van der Waals surface area contributed by atoms with Crippen LogP contribution in [0.15, 0.2) is 42.7 Å². The lowest BCUT2D eigenvalue weighted by Crippen LogP contribution is -2.32. The lowest BCUT2D eigenvalue weighted by molar-refractivity contribution is -0.672. The average Bonchev–Trinajstić information content (AvgIpc) is 2.82. The number of halogens is 1. The Labute approximate surface area is 224 Å². The Kier molecular flexibility index (Phi) is 14.4. The van der Waals surface area contributed by atoms with Crippen LogP contribution in [0.25, 0.3) is 0 Å². The van der Waals surface area contributed by atoms with Gasteiger partial charge in [-0.05, 0) is 30.2 Å². The number of unbranched alkanes of at least 4 members (excludes halogenated alkanes) is 11. The van der Waals surface area contributed by atoms with Crippen molar-refractivity contribution < 1.29 is 17.7 Å². The van der Waals surface area contributed by atoms with Crippen LogP contribution in [0.4, 0.5) is 0 Å². The molecule has 2 aromatic rings. The molecule has 0 aliphatic rings. The van der Waals surface area contributed by atoms with Crippen molar-refractivity contribution in [2.45, 2.75) is 97.1 Å². The van der Waals surface area contributed by atoms with Gasteiger partial charge in [0.2, 0.25) is 10.0 Å². The van der Waals surface area contributed by atoms with E-state index in [2.05, 4.69) is 6.92 Å². The second-order valence-corrected chi connectivity index (χ2v) is 12.3. The molecule has 0 saturated carbocycles. The topological polar surface area (TPSA) is 50.5 Å². The average molecular weight is 538 g/mol. The SMILES string of the molecule is CCCCCCCCCCCCCCOc1ccc(CN(Cc2ccc[n+](C)c2)S(C)(=O)=O)cc1Cl. The summed E-state index contributed by atoms with van der Waals surface area (Å²) < 4.78 is 34.0. The molecular weight excluding hydrogens is 492 g/mol. The number of sulfonamides is 1. The van der Waals surface area contributed by atoms with Gasteiger partial charge in [0.1, 0.15) is 12.8 Å². The number of aryl methyl sites for hydroxylation is 1. The van der Waals surface area contributed by atoms with E-state index in [0.717, 1.165) is 17.5 Å². The molecule has 2 rings (SSSR count). The normalized spacial score (nSPS) is 11.8. The van der Waals surface area contributed by atoms with Crippen molar-refractivity contribution in [3.63, 3.8) is 0 Å². The maximum Gasteiger partial charge on any atom is 0.211 e. The van der Waals surface area contributed by atoms with E-state index in [1.807, 2.05) is 54.3 Å². The van der Waals surface area contributed by atoms with E-state index in [1.165, 1.54) is 81.2 Å². The largest absolute Gasteiger partial charge is 0.492 e. The van der Waals surface area contributed by atoms with E-state index in [4.69, 9.17) is 16.3 Å². The highest BCUT2D eigenvalue weighted by atomic mass is 35.5. The van der Waals surface area contributed by atoms with Gasteiger partial charge in [0.25, 0.3) is 0 Å². The number of rotatable bonds is 19. The fourth-order valence-corrected chi connectivity index (χ4v) is 5.35. The van der Waals surface area contributed by atoms with E-state index in [1.54, 1.807) is 0 Å². The second-order valence-electron chi connectivity index (χ2n) is 9.91. The van der Waals surface area contributed by atoms with Gasteiger partial charge in [-0.2, -0.15) is 4.31 Å². The van der Waals surface area contributed by atoms with Crippen molar-refractivity contribution in [1.82, 2.24) is 4.31 Å². The summed E-state index contributed by atoms with van der Waals surface area (Å²) in [7, 11) is -1.46. The number of hydrogen-bond acceptors (Lipinski definition) is 3. The molecule has 0 atom stereocenters. The molecule has 0 unspecified atom stereocenters. The van der Waals surface area contributed by atoms with Gasteiger partial charge in [0, 0.05) is 24.7 Å². The molecule has 202 valence electrons. The summed E-state index contributed by atoms with van der Waals surface area (Å²) in [6, 6.07) is 9.39. The Hall–Kier alpha value is -1.63. The third-order valence-electron chi connectivity index (χ3n) is 6.44. The first-order valence-electron chi connectivity index (χ1n) is 13.6. The zero-order valence-electron chi connectivity index (χ0n) is 22.6. The molecule has 0 spiro atoms. The highest BCUT2D eigenvalue weighted by molar-refractivity contribution is 7.88. The maximum absolute atomic E-state index is 12.4. The van der Waals surface area contributed by atoms with Gasteiger partial charge in [-0.25, -0.2) is 13.0 Å². The first-order chi connectivity index (χ1) is 17.3. The molecule has 1 aromatic carbocycles. The van der Waals surface area contributed by atoms with Gasteiger partial charge in [0.05, 0.1) is 17.9 Å². The molecule has 0 amide bonds. The van der Waals surface area contributed by atoms with Crippen molar-refractivity contribution in [2.24, 2.45) is 7.05 Å². The molecule has 0 bridgehead atoms. The number of nitrogens with zero attached hydrogens (tertiary/aromatic N) is 2. The van der Waals surface area contributed by atoms with Crippen molar-refractivity contribution in [2.75, 3.05) is 12.9 Å². The van der Waals surface area contributed by atoms with Crippen LogP contribution in [0.1, 0.15) is 95.1 Å². The summed E-state index contributed by atoms with van der Waals surface area (Å²) >= 11 is 6.46. The number of pyridine rings is 1. The van der Waals surface area contributed by atoms with E-state index in [-0.39, 0.29) is 6.54 Å². The van der Waals surface area contributed by atoms with Gasteiger partial charge in [0.15, 0.2) is 12.4 Å². The molecule has 0 radical (unpaired) electrons. The lowest BCUT2D eigenvalue weighted by Gasteiger charge is -2.20. The van der Waals surface area contributed by atoms with Crippen LogP contribution in [0, 0.1) is 0 Å². The van der Waals surface area contributed by atoms with Gasteiger partial charge >= 0.3 is 0 Å². The van der Waals surface area contributed by atoms with Crippen LogP contribution in [-0.2, 0) is 30.2 Å². The minimum atomic E-state index is -3.38. The molecule has 1 heterocycles. The van der Waals surface area contributed by atoms with Crippen LogP contribution in [0.5, 0.6) is 5.75 Å². The zero-order valence-corrected chi connectivity index (χ0v) is 24.1. The summed E-state index contributed by atoms with van der Waals surface area (Å²) in [6.45, 7) is 3.48. The Morgan fingerprint density at radius 1 is 0.861 bits per heavy atom. The van der Waals surface area contributed by atoms with Crippen LogP contribution >= 0.6 is 11.6 Å². The van der Waals surface area contributed by atoms with E-state index in [0.29, 0.717) is 23.9 Å². The van der Waals surface area contributed by atoms with Crippen LogP contribution in [0.3, 0.4) is 0 Å². The molecule has 0 aliphatic heterocycles. The number of benzene rings is 1. The van der Waals surface area contributed by atoms with E-state index in [9.17, 15) is 8.42 Å². The third kappa shape index (κ3) is 12.6. The molecule has 0 saturated heterocycles. The van der Waals surface area contributed by atoms with Crippen molar-refractivity contribution >= 4 is 21.6 Å². The van der Waals surface area contributed by atoms with Crippen molar-refractivity contribution in [1.29, 1.82) is 0 Å². The van der Waals surface area contributed by atoms with Gasteiger partial charge in [-0.3, -0.25) is 0 Å². The van der Waals surface area contributed by atoms with Gasteiger partial charge in [-0.1, -0.05) is 95.2 Å². The fourth-order valence-electron chi connectivity index (χ4n) is 4.33. The first-order valence-corrected chi connectivity index (χ1v) is 15.8. The number of ether oxygens (including phenoxy) is 1. The zero-order chi connectivity index (χ0) is 26.2. The molecule has 1 aromatic heterocycles. The Balaban J connectivity index is 1.69. The van der Waals surface area contributed by atoms with Crippen LogP contribution < -0.4 is 9.30 Å². The Morgan fingerprint density at radius 2 is 1.44 bits per heavy atom. The highest BCUT2D eigenvalue weighted by Gasteiger charge is 2.19. The molecule has 36 heavy (non-hydrogen) atoms. The summed E-state index contributed by atoms with van der Waals surface area (Å²) in [4.78, 5) is 0. The molecule has 5 nitrogen and oxygen atoms in total. The summed E-state index contributed by atoms with van der Waals surface area (Å²) in [5, 5.41) is 0.519. The number of aromatic nitrogens is 1. The summed E-state index contributed by atoms with van der Waals surface area (Å²) in [5.74, 6) is 0.657. The summed E-state index contributed by atoms with van der Waals surface area (Å²) in [5.41, 5.74) is 1.77. The minimum Gasteiger partial charge on any atom is -0.492 e. The molecular formula is C29H46ClN2O3S+. The fraction of sp³-hybridized carbons (Fsp3) is 0.621. The molecule has 0 fully saturated rings. The molecule has 7 heteroatoms. The number of hydrogen-bond donors (Lipinski definition) is 0. The maximum atomic E-state index is 12.4. The standard InChI is InChI=1S/C29H46ClN2O3S/c1-4-5-6-7-8-9-10-11-12-13-14-15-21-35-29-19-18-26(22-28(29)30)24-32(36(3,33)34)25-27-17-16-20-31(2)23-27/h16-20,22-23H,4-15,21,24-25H2,1-3H3/q+1. The minimum absolute atomic E-state index is 0.260. The second kappa shape index (κ2) is 17.0.